The molecule has 0 spiro atoms. The second-order valence-corrected chi connectivity index (χ2v) is 4.08. The van der Waals surface area contributed by atoms with Crippen LogP contribution in [0.4, 0.5) is 5.69 Å². The van der Waals surface area contributed by atoms with Crippen LogP contribution in [0.3, 0.4) is 0 Å². The van der Waals surface area contributed by atoms with Crippen LogP contribution in [0.15, 0.2) is 24.3 Å². The summed E-state index contributed by atoms with van der Waals surface area (Å²) in [6, 6.07) is 7.55. The van der Waals surface area contributed by atoms with Crippen LogP contribution in [0.5, 0.6) is 0 Å². The molecular formula is C13H21N3O. The van der Waals surface area contributed by atoms with E-state index in [0.717, 1.165) is 12.8 Å². The van der Waals surface area contributed by atoms with Crippen LogP contribution >= 0.6 is 0 Å². The maximum atomic E-state index is 12.3. The van der Waals surface area contributed by atoms with Gasteiger partial charge in [-0.05, 0) is 25.0 Å². The lowest BCUT2D eigenvalue weighted by Gasteiger charge is -2.27. The molecule has 1 amide bonds. The van der Waals surface area contributed by atoms with Crippen LogP contribution in [0.1, 0.15) is 37.0 Å². The molecule has 4 nitrogen and oxygen atoms in total. The lowest BCUT2D eigenvalue weighted by Crippen LogP contribution is -2.36. The molecule has 94 valence electrons. The van der Waals surface area contributed by atoms with Crippen LogP contribution in [-0.4, -0.2) is 23.9 Å². The van der Waals surface area contributed by atoms with Crippen molar-refractivity contribution in [3.05, 3.63) is 29.8 Å². The van der Waals surface area contributed by atoms with E-state index in [4.69, 9.17) is 5.84 Å². The topological polar surface area (TPSA) is 58.4 Å². The predicted octanol–water partition coefficient (Wildman–Crippen LogP) is 2.23. The molecule has 0 aliphatic rings. The van der Waals surface area contributed by atoms with E-state index in [2.05, 4.69) is 19.3 Å². The lowest BCUT2D eigenvalue weighted by molar-refractivity contribution is 0.0724. The highest BCUT2D eigenvalue weighted by atomic mass is 16.2. The number of nitrogens with zero attached hydrogens (tertiary/aromatic N) is 1. The second kappa shape index (κ2) is 6.25. The van der Waals surface area contributed by atoms with Gasteiger partial charge in [-0.25, -0.2) is 0 Å². The van der Waals surface area contributed by atoms with Crippen LogP contribution < -0.4 is 11.3 Å². The standard InChI is InChI=1S/C13H21N3O/c1-4-10(5-2)16(3)13(17)11-8-6-7-9-12(11)15-14/h6-10,15H,4-5,14H2,1-3H3. The Kier molecular flexibility index (Phi) is 4.97. The van der Waals surface area contributed by atoms with Crippen LogP contribution in [-0.2, 0) is 0 Å². The van der Waals surface area contributed by atoms with Crippen molar-refractivity contribution >= 4 is 11.6 Å². The van der Waals surface area contributed by atoms with E-state index >= 15 is 0 Å². The Hall–Kier alpha value is -1.55. The van der Waals surface area contributed by atoms with Gasteiger partial charge in [-0.15, -0.1) is 0 Å². The number of nitrogens with one attached hydrogen (secondary N) is 1. The Labute approximate surface area is 103 Å². The third-order valence-corrected chi connectivity index (χ3v) is 3.12. The molecule has 0 atom stereocenters. The van der Waals surface area contributed by atoms with Gasteiger partial charge in [-0.1, -0.05) is 26.0 Å². The van der Waals surface area contributed by atoms with E-state index in [1.54, 1.807) is 17.0 Å². The molecule has 1 aromatic rings. The number of carbonyl (C=O) groups excluding carboxylic acids is 1. The lowest BCUT2D eigenvalue weighted by atomic mass is 10.1. The third-order valence-electron chi connectivity index (χ3n) is 3.12. The van der Waals surface area contributed by atoms with Gasteiger partial charge in [0.2, 0.25) is 0 Å². The average molecular weight is 235 g/mol. The Morgan fingerprint density at radius 1 is 1.35 bits per heavy atom. The number of amides is 1. The predicted molar refractivity (Wildman–Crippen MR) is 70.7 cm³/mol. The van der Waals surface area contributed by atoms with Gasteiger partial charge in [-0.2, -0.15) is 0 Å². The molecule has 17 heavy (non-hydrogen) atoms. The Balaban J connectivity index is 2.95. The molecule has 0 saturated heterocycles. The summed E-state index contributed by atoms with van der Waals surface area (Å²) in [4.78, 5) is 14.1. The number of para-hydroxylation sites is 1. The largest absolute Gasteiger partial charge is 0.339 e. The van der Waals surface area contributed by atoms with Gasteiger partial charge in [0.1, 0.15) is 0 Å². The molecule has 0 aliphatic heterocycles. The van der Waals surface area contributed by atoms with Gasteiger partial charge < -0.3 is 10.3 Å². The third kappa shape index (κ3) is 2.97. The van der Waals surface area contributed by atoms with Gasteiger partial charge in [-0.3, -0.25) is 10.6 Å². The highest BCUT2D eigenvalue weighted by Crippen LogP contribution is 2.18. The molecule has 1 aromatic carbocycles. The number of nitrogen functional groups attached to an aromatic ring is 1. The van der Waals surface area contributed by atoms with Crippen molar-refractivity contribution in [1.29, 1.82) is 0 Å². The molecule has 0 fully saturated rings. The van der Waals surface area contributed by atoms with Gasteiger partial charge >= 0.3 is 0 Å². The zero-order valence-corrected chi connectivity index (χ0v) is 10.7. The average Bonchev–Trinajstić information content (AvgIpc) is 2.39. The number of hydrogen-bond donors (Lipinski definition) is 2. The maximum absolute atomic E-state index is 12.3. The molecule has 0 radical (unpaired) electrons. The van der Waals surface area contributed by atoms with E-state index in [-0.39, 0.29) is 11.9 Å². The minimum Gasteiger partial charge on any atom is -0.339 e. The van der Waals surface area contributed by atoms with Gasteiger partial charge in [0.25, 0.3) is 5.91 Å². The SMILES string of the molecule is CCC(CC)N(C)C(=O)c1ccccc1NN. The first-order valence-electron chi connectivity index (χ1n) is 5.98. The molecule has 0 heterocycles. The maximum Gasteiger partial charge on any atom is 0.255 e. The number of benzene rings is 1. The van der Waals surface area contributed by atoms with Crippen LogP contribution in [0, 0.1) is 0 Å². The summed E-state index contributed by atoms with van der Waals surface area (Å²) in [6.07, 6.45) is 1.91. The summed E-state index contributed by atoms with van der Waals surface area (Å²) >= 11 is 0. The summed E-state index contributed by atoms with van der Waals surface area (Å²) in [5, 5.41) is 0. The van der Waals surface area contributed by atoms with Crippen LogP contribution in [0.2, 0.25) is 0 Å². The Bertz CT molecular complexity index is 375. The van der Waals surface area contributed by atoms with Gasteiger partial charge in [0.15, 0.2) is 0 Å². The Morgan fingerprint density at radius 2 is 1.94 bits per heavy atom. The Morgan fingerprint density at radius 3 is 2.47 bits per heavy atom. The van der Waals surface area contributed by atoms with Crippen molar-refractivity contribution in [3.8, 4) is 0 Å². The highest BCUT2D eigenvalue weighted by molar-refractivity contribution is 5.99. The monoisotopic (exact) mass is 235 g/mol. The number of carbonyl (C=O) groups is 1. The fraction of sp³-hybridized carbons (Fsp3) is 0.462. The minimum absolute atomic E-state index is 0.00671. The zero-order valence-electron chi connectivity index (χ0n) is 10.7. The second-order valence-electron chi connectivity index (χ2n) is 4.08. The van der Waals surface area contributed by atoms with Crippen molar-refractivity contribution in [3.63, 3.8) is 0 Å². The van der Waals surface area contributed by atoms with Gasteiger partial charge in [0.05, 0.1) is 11.3 Å². The van der Waals surface area contributed by atoms with E-state index in [1.807, 2.05) is 19.2 Å². The minimum atomic E-state index is 0.00671. The summed E-state index contributed by atoms with van der Waals surface area (Å²) in [5.74, 6) is 5.42. The van der Waals surface area contributed by atoms with Crippen molar-refractivity contribution in [1.82, 2.24) is 4.90 Å². The number of anilines is 1. The molecular weight excluding hydrogens is 214 g/mol. The van der Waals surface area contributed by atoms with Gasteiger partial charge in [0, 0.05) is 13.1 Å². The number of rotatable bonds is 5. The molecule has 3 N–H and O–H groups in total. The highest BCUT2D eigenvalue weighted by Gasteiger charge is 2.20. The molecule has 0 aliphatic carbocycles. The summed E-state index contributed by atoms with van der Waals surface area (Å²) in [7, 11) is 1.84. The summed E-state index contributed by atoms with van der Waals surface area (Å²) < 4.78 is 0. The van der Waals surface area contributed by atoms with E-state index in [1.165, 1.54) is 0 Å². The fourth-order valence-corrected chi connectivity index (χ4v) is 1.99. The first-order chi connectivity index (χ1) is 8.15. The smallest absolute Gasteiger partial charge is 0.255 e. The van der Waals surface area contributed by atoms with Crippen LogP contribution in [0.25, 0.3) is 0 Å². The van der Waals surface area contributed by atoms with Crippen molar-refractivity contribution in [2.24, 2.45) is 5.84 Å². The summed E-state index contributed by atoms with van der Waals surface area (Å²) in [6.45, 7) is 4.18. The van der Waals surface area contributed by atoms with E-state index < -0.39 is 0 Å². The van der Waals surface area contributed by atoms with E-state index in [0.29, 0.717) is 11.3 Å². The number of nitrogens with two attached hydrogens (primary N) is 1. The zero-order chi connectivity index (χ0) is 12.8. The molecule has 0 aromatic heterocycles. The molecule has 0 bridgehead atoms. The molecule has 0 saturated carbocycles. The van der Waals surface area contributed by atoms with Crippen molar-refractivity contribution in [2.45, 2.75) is 32.7 Å². The normalized spacial score (nSPS) is 10.4. The molecule has 0 unspecified atom stereocenters. The first-order valence-corrected chi connectivity index (χ1v) is 5.98. The number of hydrogen-bond acceptors (Lipinski definition) is 3. The quantitative estimate of drug-likeness (QED) is 0.608. The summed E-state index contributed by atoms with van der Waals surface area (Å²) in [5.41, 5.74) is 3.84. The van der Waals surface area contributed by atoms with E-state index in [9.17, 15) is 4.79 Å². The van der Waals surface area contributed by atoms with Crippen molar-refractivity contribution in [2.75, 3.05) is 12.5 Å². The number of hydrazine groups is 1. The first kappa shape index (κ1) is 13.5. The molecule has 1 rings (SSSR count). The molecule has 4 heteroatoms. The van der Waals surface area contributed by atoms with Crippen molar-refractivity contribution < 1.29 is 4.79 Å². The fourth-order valence-electron chi connectivity index (χ4n) is 1.99.